The molecule has 0 radical (unpaired) electrons. The fraction of sp³-hybridized carbons (Fsp3) is 0.138. The number of fused-ring (bicyclic) bond motifs is 3. The highest BCUT2D eigenvalue weighted by molar-refractivity contribution is 6.18. The maximum Gasteiger partial charge on any atom is 0.249 e. The molecule has 0 bridgehead atoms. The predicted octanol–water partition coefficient (Wildman–Crippen LogP) is 6.02. The second-order valence-corrected chi connectivity index (χ2v) is 8.19. The van der Waals surface area contributed by atoms with Crippen LogP contribution in [0, 0.1) is 0 Å². The number of carbonyl (C=O) groups is 1. The minimum Gasteiger partial charge on any atom is -0.497 e. The monoisotopic (exact) mass is 450 g/mol. The van der Waals surface area contributed by atoms with Crippen LogP contribution in [0.25, 0.3) is 32.9 Å². The first-order chi connectivity index (χ1) is 16.6. The molecule has 4 aromatic carbocycles. The largest absolute Gasteiger partial charge is 0.497 e. The lowest BCUT2D eigenvalue weighted by Gasteiger charge is -2.11. The minimum atomic E-state index is -0.428. The van der Waals surface area contributed by atoms with Gasteiger partial charge < -0.3 is 19.8 Å². The second kappa shape index (κ2) is 8.94. The molecule has 5 heteroatoms. The van der Waals surface area contributed by atoms with E-state index in [9.17, 15) is 4.79 Å². The summed E-state index contributed by atoms with van der Waals surface area (Å²) < 4.78 is 13.3. The van der Waals surface area contributed by atoms with Crippen LogP contribution in [0.4, 0.5) is 0 Å². The van der Waals surface area contributed by atoms with Crippen molar-refractivity contribution >= 4 is 27.7 Å². The predicted molar refractivity (Wildman–Crippen MR) is 137 cm³/mol. The fourth-order valence-corrected chi connectivity index (χ4v) is 4.57. The molecule has 0 aliphatic heterocycles. The van der Waals surface area contributed by atoms with Crippen LogP contribution in [0.5, 0.6) is 11.5 Å². The standard InChI is InChI=1S/C29H26N2O3/c1-3-34-23-7-4-6-19(16-23)18-31-26-9-5-8-25(29(30)32)28(26)24-15-12-21(17-27(24)31)20-10-13-22(33-2)14-11-20/h4-17H,3,18H2,1-2H3,(H2,30,32). The van der Waals surface area contributed by atoms with Crippen LogP contribution in [0.2, 0.25) is 0 Å². The third-order valence-electron chi connectivity index (χ3n) is 6.13. The zero-order valence-corrected chi connectivity index (χ0v) is 19.2. The minimum absolute atomic E-state index is 0.428. The molecule has 1 amide bonds. The Morgan fingerprint density at radius 2 is 1.62 bits per heavy atom. The van der Waals surface area contributed by atoms with E-state index in [-0.39, 0.29) is 0 Å². The molecule has 0 spiro atoms. The number of ether oxygens (including phenoxy) is 2. The number of benzene rings is 4. The van der Waals surface area contributed by atoms with E-state index in [1.807, 2.05) is 55.5 Å². The lowest BCUT2D eigenvalue weighted by molar-refractivity contribution is 0.100. The summed E-state index contributed by atoms with van der Waals surface area (Å²) in [5, 5.41) is 1.88. The van der Waals surface area contributed by atoms with Crippen LogP contribution in [0.15, 0.2) is 84.9 Å². The van der Waals surface area contributed by atoms with Crippen LogP contribution >= 0.6 is 0 Å². The molecule has 5 aromatic rings. The number of amides is 1. The molecular formula is C29H26N2O3. The quantitative estimate of drug-likeness (QED) is 0.330. The summed E-state index contributed by atoms with van der Waals surface area (Å²) in [6.45, 7) is 3.23. The Labute approximate surface area is 198 Å². The highest BCUT2D eigenvalue weighted by Crippen LogP contribution is 2.35. The molecule has 0 fully saturated rings. The van der Waals surface area contributed by atoms with Gasteiger partial charge in [0, 0.05) is 22.9 Å². The van der Waals surface area contributed by atoms with Gasteiger partial charge in [0.25, 0.3) is 0 Å². The number of aromatic nitrogens is 1. The average Bonchev–Trinajstić information content (AvgIpc) is 3.17. The SMILES string of the molecule is CCOc1cccc(Cn2c3cc(-c4ccc(OC)cc4)ccc3c3c(C(N)=O)cccc32)c1. The highest BCUT2D eigenvalue weighted by Gasteiger charge is 2.17. The summed E-state index contributed by atoms with van der Waals surface area (Å²) >= 11 is 0. The van der Waals surface area contributed by atoms with E-state index in [4.69, 9.17) is 15.2 Å². The van der Waals surface area contributed by atoms with Crippen LogP contribution in [-0.2, 0) is 6.54 Å². The van der Waals surface area contributed by atoms with Crippen molar-refractivity contribution in [3.05, 3.63) is 96.1 Å². The summed E-state index contributed by atoms with van der Waals surface area (Å²) in [6.07, 6.45) is 0. The molecule has 0 atom stereocenters. The van der Waals surface area contributed by atoms with Crippen LogP contribution in [0.3, 0.4) is 0 Å². The number of methoxy groups -OCH3 is 1. The molecule has 1 aromatic heterocycles. The second-order valence-electron chi connectivity index (χ2n) is 8.19. The van der Waals surface area contributed by atoms with Crippen molar-refractivity contribution in [2.45, 2.75) is 13.5 Å². The first-order valence-corrected chi connectivity index (χ1v) is 11.3. The van der Waals surface area contributed by atoms with Crippen LogP contribution < -0.4 is 15.2 Å². The van der Waals surface area contributed by atoms with Gasteiger partial charge in [-0.25, -0.2) is 0 Å². The first kappa shape index (κ1) is 21.6. The van der Waals surface area contributed by atoms with Gasteiger partial charge >= 0.3 is 0 Å². The van der Waals surface area contributed by atoms with E-state index in [1.54, 1.807) is 13.2 Å². The first-order valence-electron chi connectivity index (χ1n) is 11.3. The van der Waals surface area contributed by atoms with Gasteiger partial charge in [0.15, 0.2) is 0 Å². The number of carbonyl (C=O) groups excluding carboxylic acids is 1. The molecule has 0 aliphatic carbocycles. The zero-order valence-electron chi connectivity index (χ0n) is 19.2. The van der Waals surface area contributed by atoms with Crippen molar-refractivity contribution in [2.24, 2.45) is 5.73 Å². The van der Waals surface area contributed by atoms with Crippen molar-refractivity contribution < 1.29 is 14.3 Å². The van der Waals surface area contributed by atoms with Crippen molar-refractivity contribution in [1.29, 1.82) is 0 Å². The summed E-state index contributed by atoms with van der Waals surface area (Å²) in [5.41, 5.74) is 11.6. The van der Waals surface area contributed by atoms with E-state index < -0.39 is 5.91 Å². The smallest absolute Gasteiger partial charge is 0.249 e. The third kappa shape index (κ3) is 3.86. The molecule has 0 saturated heterocycles. The van der Waals surface area contributed by atoms with E-state index in [0.29, 0.717) is 18.7 Å². The number of nitrogens with zero attached hydrogens (tertiary/aromatic N) is 1. The van der Waals surface area contributed by atoms with Crippen molar-refractivity contribution in [2.75, 3.05) is 13.7 Å². The molecule has 170 valence electrons. The number of rotatable bonds is 7. The van der Waals surface area contributed by atoms with Gasteiger partial charge in [0.05, 0.1) is 24.8 Å². The average molecular weight is 451 g/mol. The number of hydrogen-bond donors (Lipinski definition) is 1. The summed E-state index contributed by atoms with van der Waals surface area (Å²) in [5.74, 6) is 1.24. The highest BCUT2D eigenvalue weighted by atomic mass is 16.5. The lowest BCUT2D eigenvalue weighted by Crippen LogP contribution is -2.11. The van der Waals surface area contributed by atoms with Crippen LogP contribution in [0.1, 0.15) is 22.8 Å². The number of nitrogens with two attached hydrogens (primary N) is 1. The van der Waals surface area contributed by atoms with Crippen molar-refractivity contribution in [3.8, 4) is 22.6 Å². The third-order valence-corrected chi connectivity index (χ3v) is 6.13. The Bertz CT molecular complexity index is 1500. The van der Waals surface area contributed by atoms with E-state index in [0.717, 1.165) is 50.0 Å². The molecule has 5 nitrogen and oxygen atoms in total. The maximum absolute atomic E-state index is 12.3. The Kier molecular flexibility index (Phi) is 5.68. The molecule has 0 unspecified atom stereocenters. The topological polar surface area (TPSA) is 66.5 Å². The Hall–Kier alpha value is -4.25. The van der Waals surface area contributed by atoms with Gasteiger partial charge in [-0.3, -0.25) is 4.79 Å². The number of hydrogen-bond acceptors (Lipinski definition) is 3. The van der Waals surface area contributed by atoms with Gasteiger partial charge in [0.2, 0.25) is 5.91 Å². The Balaban J connectivity index is 1.72. The fourth-order valence-electron chi connectivity index (χ4n) is 4.57. The van der Waals surface area contributed by atoms with Gasteiger partial charge in [-0.2, -0.15) is 0 Å². The Morgan fingerprint density at radius 3 is 2.35 bits per heavy atom. The lowest BCUT2D eigenvalue weighted by atomic mass is 10.0. The molecule has 34 heavy (non-hydrogen) atoms. The summed E-state index contributed by atoms with van der Waals surface area (Å²) in [7, 11) is 1.66. The summed E-state index contributed by atoms with van der Waals surface area (Å²) in [6, 6.07) is 28.2. The van der Waals surface area contributed by atoms with E-state index in [2.05, 4.69) is 34.9 Å². The number of primary amides is 1. The van der Waals surface area contributed by atoms with Gasteiger partial charge in [-0.15, -0.1) is 0 Å². The van der Waals surface area contributed by atoms with Gasteiger partial charge in [-0.1, -0.05) is 42.5 Å². The zero-order chi connectivity index (χ0) is 23.7. The molecule has 0 aliphatic rings. The molecule has 5 rings (SSSR count). The Morgan fingerprint density at radius 1 is 0.853 bits per heavy atom. The summed E-state index contributed by atoms with van der Waals surface area (Å²) in [4.78, 5) is 12.3. The molecule has 2 N–H and O–H groups in total. The van der Waals surface area contributed by atoms with E-state index >= 15 is 0 Å². The maximum atomic E-state index is 12.3. The van der Waals surface area contributed by atoms with E-state index in [1.165, 1.54) is 0 Å². The molecule has 1 heterocycles. The van der Waals surface area contributed by atoms with Crippen molar-refractivity contribution in [3.63, 3.8) is 0 Å². The normalized spacial score (nSPS) is 11.1. The van der Waals surface area contributed by atoms with Crippen LogP contribution in [-0.4, -0.2) is 24.2 Å². The molecular weight excluding hydrogens is 424 g/mol. The van der Waals surface area contributed by atoms with Gasteiger partial charge in [0.1, 0.15) is 11.5 Å². The van der Waals surface area contributed by atoms with Crippen molar-refractivity contribution in [1.82, 2.24) is 4.57 Å². The van der Waals surface area contributed by atoms with Gasteiger partial charge in [-0.05, 0) is 66.1 Å². The molecule has 0 saturated carbocycles.